The number of hydrogen-bond donors (Lipinski definition) is 2. The van der Waals surface area contributed by atoms with Crippen LogP contribution >= 0.6 is 0 Å². The zero-order chi connectivity index (χ0) is 10.9. The van der Waals surface area contributed by atoms with Crippen LogP contribution in [0, 0.1) is 5.92 Å². The molecule has 1 unspecified atom stereocenters. The highest BCUT2D eigenvalue weighted by atomic mass is 16.3. The average Bonchev–Trinajstić information content (AvgIpc) is 3.00. The van der Waals surface area contributed by atoms with Crippen molar-refractivity contribution in [3.8, 4) is 0 Å². The third-order valence-corrected chi connectivity index (χ3v) is 3.06. The molecule has 1 fully saturated rings. The molecule has 1 atom stereocenters. The van der Waals surface area contributed by atoms with Crippen LogP contribution in [0.15, 0.2) is 6.20 Å². The Hall–Kier alpha value is -0.940. The fourth-order valence-corrected chi connectivity index (χ4v) is 2.01. The van der Waals surface area contributed by atoms with Crippen LogP contribution in [0.5, 0.6) is 0 Å². The lowest BCUT2D eigenvalue weighted by Gasteiger charge is -2.26. The SMILES string of the molecule is CCCn1nncc1C(O)(CN)C1CC1. The molecule has 15 heavy (non-hydrogen) atoms. The Morgan fingerprint density at radius 1 is 1.67 bits per heavy atom. The Bertz CT molecular complexity index is 334. The summed E-state index contributed by atoms with van der Waals surface area (Å²) in [4.78, 5) is 0. The maximum absolute atomic E-state index is 10.5. The van der Waals surface area contributed by atoms with Crippen molar-refractivity contribution in [2.75, 3.05) is 6.54 Å². The number of aromatic nitrogens is 3. The predicted octanol–water partition coefficient (Wildman–Crippen LogP) is 0.244. The molecule has 5 heteroatoms. The topological polar surface area (TPSA) is 77.0 Å². The highest BCUT2D eigenvalue weighted by Crippen LogP contribution is 2.44. The van der Waals surface area contributed by atoms with Gasteiger partial charge < -0.3 is 10.8 Å². The molecule has 1 aromatic heterocycles. The molecule has 5 nitrogen and oxygen atoms in total. The van der Waals surface area contributed by atoms with Gasteiger partial charge in [-0.25, -0.2) is 4.68 Å². The van der Waals surface area contributed by atoms with Crippen molar-refractivity contribution in [3.63, 3.8) is 0 Å². The van der Waals surface area contributed by atoms with E-state index in [1.165, 1.54) is 0 Å². The van der Waals surface area contributed by atoms with E-state index in [-0.39, 0.29) is 12.5 Å². The normalized spacial score (nSPS) is 20.2. The van der Waals surface area contributed by atoms with E-state index in [2.05, 4.69) is 17.2 Å². The summed E-state index contributed by atoms with van der Waals surface area (Å²) >= 11 is 0. The number of hydrogen-bond acceptors (Lipinski definition) is 4. The number of rotatable bonds is 5. The minimum atomic E-state index is -0.918. The van der Waals surface area contributed by atoms with Crippen LogP contribution in [0.2, 0.25) is 0 Å². The Balaban J connectivity index is 2.28. The molecular formula is C10H18N4O. The van der Waals surface area contributed by atoms with E-state index in [0.29, 0.717) is 0 Å². The van der Waals surface area contributed by atoms with Gasteiger partial charge in [0.1, 0.15) is 5.60 Å². The van der Waals surface area contributed by atoms with E-state index in [0.717, 1.165) is 31.5 Å². The molecule has 0 saturated heterocycles. The van der Waals surface area contributed by atoms with Crippen molar-refractivity contribution in [2.45, 2.75) is 38.3 Å². The summed E-state index contributed by atoms with van der Waals surface area (Å²) in [6, 6.07) is 0. The van der Waals surface area contributed by atoms with Crippen LogP contribution in [-0.2, 0) is 12.1 Å². The first-order chi connectivity index (χ1) is 7.22. The van der Waals surface area contributed by atoms with Crippen LogP contribution in [0.3, 0.4) is 0 Å². The molecule has 1 aromatic rings. The molecule has 84 valence electrons. The fraction of sp³-hybridized carbons (Fsp3) is 0.800. The summed E-state index contributed by atoms with van der Waals surface area (Å²) in [5, 5.41) is 18.3. The molecule has 1 heterocycles. The lowest BCUT2D eigenvalue weighted by molar-refractivity contribution is 0.0132. The molecule has 0 aromatic carbocycles. The Kier molecular flexibility index (Phi) is 2.75. The first-order valence-corrected chi connectivity index (χ1v) is 5.53. The Morgan fingerprint density at radius 2 is 2.40 bits per heavy atom. The summed E-state index contributed by atoms with van der Waals surface area (Å²) in [5.41, 5.74) is 5.54. The summed E-state index contributed by atoms with van der Waals surface area (Å²) < 4.78 is 1.77. The van der Waals surface area contributed by atoms with Crippen molar-refractivity contribution >= 4 is 0 Å². The molecule has 0 radical (unpaired) electrons. The predicted molar refractivity (Wildman–Crippen MR) is 56.0 cm³/mol. The first kappa shape index (κ1) is 10.6. The second-order valence-corrected chi connectivity index (χ2v) is 4.25. The van der Waals surface area contributed by atoms with E-state index in [1.807, 2.05) is 0 Å². The third-order valence-electron chi connectivity index (χ3n) is 3.06. The smallest absolute Gasteiger partial charge is 0.123 e. The minimum Gasteiger partial charge on any atom is -0.382 e. The molecule has 1 aliphatic carbocycles. The zero-order valence-corrected chi connectivity index (χ0v) is 9.06. The summed E-state index contributed by atoms with van der Waals surface area (Å²) in [5.74, 6) is 0.289. The van der Waals surface area contributed by atoms with Crippen molar-refractivity contribution in [1.29, 1.82) is 0 Å². The number of nitrogens with zero attached hydrogens (tertiary/aromatic N) is 3. The lowest BCUT2D eigenvalue weighted by atomic mass is 9.94. The van der Waals surface area contributed by atoms with E-state index in [4.69, 9.17) is 5.73 Å². The molecule has 1 aliphatic rings. The van der Waals surface area contributed by atoms with Crippen LogP contribution in [-0.4, -0.2) is 26.6 Å². The zero-order valence-electron chi connectivity index (χ0n) is 9.06. The maximum atomic E-state index is 10.5. The Labute approximate surface area is 89.3 Å². The molecule has 0 bridgehead atoms. The van der Waals surface area contributed by atoms with E-state index in [1.54, 1.807) is 10.9 Å². The first-order valence-electron chi connectivity index (χ1n) is 5.53. The van der Waals surface area contributed by atoms with Gasteiger partial charge in [0.05, 0.1) is 11.9 Å². The highest BCUT2D eigenvalue weighted by Gasteiger charge is 2.46. The van der Waals surface area contributed by atoms with Crippen LogP contribution in [0.1, 0.15) is 31.9 Å². The van der Waals surface area contributed by atoms with Crippen molar-refractivity contribution in [3.05, 3.63) is 11.9 Å². The van der Waals surface area contributed by atoms with Gasteiger partial charge in [-0.05, 0) is 25.2 Å². The lowest BCUT2D eigenvalue weighted by Crippen LogP contribution is -2.39. The van der Waals surface area contributed by atoms with E-state index in [9.17, 15) is 5.11 Å². The minimum absolute atomic E-state index is 0.245. The molecule has 3 N–H and O–H groups in total. The number of aliphatic hydroxyl groups is 1. The monoisotopic (exact) mass is 210 g/mol. The van der Waals surface area contributed by atoms with E-state index >= 15 is 0 Å². The number of nitrogens with two attached hydrogens (primary N) is 1. The van der Waals surface area contributed by atoms with Crippen molar-refractivity contribution in [2.24, 2.45) is 11.7 Å². The van der Waals surface area contributed by atoms with Gasteiger partial charge in [-0.15, -0.1) is 5.10 Å². The molecular weight excluding hydrogens is 192 g/mol. The van der Waals surface area contributed by atoms with Gasteiger partial charge >= 0.3 is 0 Å². The van der Waals surface area contributed by atoms with Crippen molar-refractivity contribution < 1.29 is 5.11 Å². The summed E-state index contributed by atoms with van der Waals surface area (Å²) in [6.07, 6.45) is 4.71. The number of aryl methyl sites for hydroxylation is 1. The summed E-state index contributed by atoms with van der Waals surface area (Å²) in [6.45, 7) is 3.10. The quantitative estimate of drug-likeness (QED) is 0.730. The molecule has 0 aliphatic heterocycles. The fourth-order valence-electron chi connectivity index (χ4n) is 2.01. The van der Waals surface area contributed by atoms with Gasteiger partial charge in [0.2, 0.25) is 0 Å². The molecule has 0 spiro atoms. The second-order valence-electron chi connectivity index (χ2n) is 4.25. The van der Waals surface area contributed by atoms with Gasteiger partial charge in [-0.1, -0.05) is 12.1 Å². The highest BCUT2D eigenvalue weighted by molar-refractivity contribution is 5.14. The second kappa shape index (κ2) is 3.90. The molecule has 0 amide bonds. The van der Waals surface area contributed by atoms with Crippen LogP contribution in [0.4, 0.5) is 0 Å². The average molecular weight is 210 g/mol. The largest absolute Gasteiger partial charge is 0.382 e. The Morgan fingerprint density at radius 3 is 2.93 bits per heavy atom. The standard InChI is InChI=1S/C10H18N4O/c1-2-5-14-9(6-12-13-14)10(15,7-11)8-3-4-8/h6,8,15H,2-5,7,11H2,1H3. The molecule has 2 rings (SSSR count). The maximum Gasteiger partial charge on any atom is 0.123 e. The van der Waals surface area contributed by atoms with Gasteiger partial charge in [-0.2, -0.15) is 0 Å². The van der Waals surface area contributed by atoms with Crippen molar-refractivity contribution in [1.82, 2.24) is 15.0 Å². The van der Waals surface area contributed by atoms with Crippen LogP contribution < -0.4 is 5.73 Å². The van der Waals surface area contributed by atoms with Gasteiger partial charge in [0.15, 0.2) is 0 Å². The molecule has 1 saturated carbocycles. The van der Waals surface area contributed by atoms with Gasteiger partial charge in [0, 0.05) is 13.1 Å². The van der Waals surface area contributed by atoms with E-state index < -0.39 is 5.60 Å². The third kappa shape index (κ3) is 1.77. The van der Waals surface area contributed by atoms with Crippen LogP contribution in [0.25, 0.3) is 0 Å². The van der Waals surface area contributed by atoms with Gasteiger partial charge in [0.25, 0.3) is 0 Å². The van der Waals surface area contributed by atoms with Gasteiger partial charge in [-0.3, -0.25) is 0 Å². The summed E-state index contributed by atoms with van der Waals surface area (Å²) in [7, 11) is 0.